The van der Waals surface area contributed by atoms with E-state index in [1.807, 2.05) is 24.4 Å². The lowest BCUT2D eigenvalue weighted by Gasteiger charge is -1.88. The molecule has 0 unspecified atom stereocenters. The molecule has 4 rings (SSSR count). The van der Waals surface area contributed by atoms with Crippen LogP contribution in [0.15, 0.2) is 24.4 Å². The van der Waals surface area contributed by atoms with Crippen molar-refractivity contribution < 1.29 is 4.74 Å². The van der Waals surface area contributed by atoms with Gasteiger partial charge < -0.3 is 4.74 Å². The van der Waals surface area contributed by atoms with Gasteiger partial charge in [0.05, 0.1) is 23.0 Å². The summed E-state index contributed by atoms with van der Waals surface area (Å²) in [7, 11) is 1.59. The van der Waals surface area contributed by atoms with Gasteiger partial charge in [0.1, 0.15) is 16.2 Å². The molecule has 3 heterocycles. The largest absolute Gasteiger partial charge is 0.472 e. The van der Waals surface area contributed by atoms with E-state index in [0.717, 1.165) is 25.9 Å². The first-order chi connectivity index (χ1) is 9.74. The molecule has 4 aromatic rings. The van der Waals surface area contributed by atoms with Crippen LogP contribution in [-0.4, -0.2) is 26.7 Å². The number of benzene rings is 1. The van der Waals surface area contributed by atoms with Gasteiger partial charge in [0.2, 0.25) is 4.96 Å². The van der Waals surface area contributed by atoms with Gasteiger partial charge in [0, 0.05) is 0 Å². The molecule has 0 atom stereocenters. The standard InChI is InChI=1S/C12H7ClN4OS2/c1-18-12-16-17-5-7(14-11(17)20-12)10-15-9-6(13)3-2-4-8(9)19-10/h2-5H,1H3. The van der Waals surface area contributed by atoms with Crippen molar-refractivity contribution in [1.82, 2.24) is 19.6 Å². The molecule has 3 aromatic heterocycles. The maximum absolute atomic E-state index is 6.15. The third-order valence-electron chi connectivity index (χ3n) is 2.79. The van der Waals surface area contributed by atoms with Crippen molar-refractivity contribution in [1.29, 1.82) is 0 Å². The molecule has 100 valence electrons. The summed E-state index contributed by atoms with van der Waals surface area (Å²) in [6.07, 6.45) is 1.85. The Balaban J connectivity index is 1.87. The number of methoxy groups -OCH3 is 1. The van der Waals surface area contributed by atoms with E-state index in [1.165, 1.54) is 11.3 Å². The van der Waals surface area contributed by atoms with Crippen LogP contribution in [0.4, 0.5) is 0 Å². The van der Waals surface area contributed by atoms with Crippen molar-refractivity contribution in [3.63, 3.8) is 0 Å². The first-order valence-corrected chi connectivity index (χ1v) is 7.71. The molecule has 0 radical (unpaired) electrons. The maximum Gasteiger partial charge on any atom is 0.294 e. The Morgan fingerprint density at radius 1 is 1.25 bits per heavy atom. The lowest BCUT2D eigenvalue weighted by Crippen LogP contribution is -1.84. The Morgan fingerprint density at radius 2 is 2.15 bits per heavy atom. The van der Waals surface area contributed by atoms with Gasteiger partial charge in [-0.15, -0.1) is 16.4 Å². The van der Waals surface area contributed by atoms with Crippen LogP contribution in [0.2, 0.25) is 5.02 Å². The van der Waals surface area contributed by atoms with E-state index in [-0.39, 0.29) is 0 Å². The Morgan fingerprint density at radius 3 is 2.90 bits per heavy atom. The van der Waals surface area contributed by atoms with Crippen LogP contribution in [0.3, 0.4) is 0 Å². The zero-order chi connectivity index (χ0) is 13.7. The fourth-order valence-electron chi connectivity index (χ4n) is 1.89. The van der Waals surface area contributed by atoms with E-state index in [2.05, 4.69) is 15.1 Å². The number of rotatable bonds is 2. The first-order valence-electron chi connectivity index (χ1n) is 5.70. The van der Waals surface area contributed by atoms with Gasteiger partial charge >= 0.3 is 0 Å². The zero-order valence-electron chi connectivity index (χ0n) is 10.2. The topological polar surface area (TPSA) is 52.3 Å². The fourth-order valence-corrected chi connectivity index (χ4v) is 3.81. The summed E-state index contributed by atoms with van der Waals surface area (Å²) in [5.74, 6) is 0. The van der Waals surface area contributed by atoms with Crippen LogP contribution in [-0.2, 0) is 0 Å². The molecule has 0 fully saturated rings. The van der Waals surface area contributed by atoms with Crippen LogP contribution in [0.5, 0.6) is 5.19 Å². The van der Waals surface area contributed by atoms with E-state index in [4.69, 9.17) is 16.3 Å². The summed E-state index contributed by atoms with van der Waals surface area (Å²) in [5, 5.41) is 6.34. The second kappa shape index (κ2) is 4.41. The molecule has 1 aromatic carbocycles. The highest BCUT2D eigenvalue weighted by atomic mass is 35.5. The van der Waals surface area contributed by atoms with Crippen molar-refractivity contribution >= 4 is 49.5 Å². The molecule has 0 saturated carbocycles. The van der Waals surface area contributed by atoms with Crippen LogP contribution < -0.4 is 4.74 Å². The van der Waals surface area contributed by atoms with Crippen LogP contribution in [0.1, 0.15) is 0 Å². The van der Waals surface area contributed by atoms with Crippen molar-refractivity contribution in [2.45, 2.75) is 0 Å². The Bertz CT molecular complexity index is 895. The van der Waals surface area contributed by atoms with Gasteiger partial charge in [-0.3, -0.25) is 0 Å². The summed E-state index contributed by atoms with van der Waals surface area (Å²) in [4.78, 5) is 9.86. The molecule has 0 aliphatic heterocycles. The Labute approximate surface area is 126 Å². The van der Waals surface area contributed by atoms with Crippen molar-refractivity contribution in [2.75, 3.05) is 7.11 Å². The molecule has 0 aliphatic carbocycles. The number of hydrogen-bond acceptors (Lipinski definition) is 6. The highest BCUT2D eigenvalue weighted by Crippen LogP contribution is 2.34. The summed E-state index contributed by atoms with van der Waals surface area (Å²) in [5.41, 5.74) is 1.61. The second-order valence-corrected chi connectivity index (χ2v) is 6.39. The molecule has 5 nitrogen and oxygen atoms in total. The van der Waals surface area contributed by atoms with Crippen LogP contribution >= 0.6 is 34.3 Å². The first kappa shape index (κ1) is 12.1. The van der Waals surface area contributed by atoms with E-state index in [9.17, 15) is 0 Å². The average molecular weight is 323 g/mol. The summed E-state index contributed by atoms with van der Waals surface area (Å²) >= 11 is 9.11. The van der Waals surface area contributed by atoms with Crippen molar-refractivity contribution in [2.24, 2.45) is 0 Å². The lowest BCUT2D eigenvalue weighted by atomic mass is 10.3. The zero-order valence-corrected chi connectivity index (χ0v) is 12.6. The third kappa shape index (κ3) is 1.78. The summed E-state index contributed by atoms with van der Waals surface area (Å²) < 4.78 is 7.83. The van der Waals surface area contributed by atoms with E-state index < -0.39 is 0 Å². The molecule has 0 N–H and O–H groups in total. The van der Waals surface area contributed by atoms with Crippen LogP contribution in [0, 0.1) is 0 Å². The third-order valence-corrected chi connectivity index (χ3v) is 5.02. The normalized spacial score (nSPS) is 11.5. The highest BCUT2D eigenvalue weighted by molar-refractivity contribution is 7.21. The Kier molecular flexibility index (Phi) is 2.66. The minimum Gasteiger partial charge on any atom is -0.472 e. The Hall–Kier alpha value is -1.70. The number of ether oxygens (including phenoxy) is 1. The molecule has 8 heteroatoms. The summed E-state index contributed by atoms with van der Waals surface area (Å²) in [6, 6.07) is 5.76. The molecular weight excluding hydrogens is 316 g/mol. The molecule has 0 spiro atoms. The van der Waals surface area contributed by atoms with Gasteiger partial charge in [0.25, 0.3) is 5.19 Å². The van der Waals surface area contributed by atoms with E-state index in [1.54, 1.807) is 23.0 Å². The summed E-state index contributed by atoms with van der Waals surface area (Å²) in [6.45, 7) is 0. The highest BCUT2D eigenvalue weighted by Gasteiger charge is 2.14. The van der Waals surface area contributed by atoms with Gasteiger partial charge in [0.15, 0.2) is 0 Å². The second-order valence-electron chi connectivity index (χ2n) is 4.03. The predicted octanol–water partition coefficient (Wildman–Crippen LogP) is 3.73. The van der Waals surface area contributed by atoms with Crippen molar-refractivity contribution in [3.05, 3.63) is 29.4 Å². The number of hydrogen-bond donors (Lipinski definition) is 0. The molecule has 0 amide bonds. The van der Waals surface area contributed by atoms with Crippen molar-refractivity contribution in [3.8, 4) is 15.9 Å². The number of fused-ring (bicyclic) bond motifs is 2. The minimum atomic E-state index is 0.589. The number of halogens is 1. The van der Waals surface area contributed by atoms with Gasteiger partial charge in [-0.05, 0) is 23.5 Å². The van der Waals surface area contributed by atoms with Gasteiger partial charge in [-0.25, -0.2) is 14.5 Å². The quantitative estimate of drug-likeness (QED) is 0.564. The van der Waals surface area contributed by atoms with E-state index in [0.29, 0.717) is 10.2 Å². The minimum absolute atomic E-state index is 0.589. The average Bonchev–Trinajstić information content (AvgIpc) is 3.09. The smallest absolute Gasteiger partial charge is 0.294 e. The predicted molar refractivity (Wildman–Crippen MR) is 81.0 cm³/mol. The SMILES string of the molecule is COc1nn2cc(-c3nc4c(Cl)cccc4s3)nc2s1. The molecule has 0 bridgehead atoms. The molecular formula is C12H7ClN4OS2. The maximum atomic E-state index is 6.15. The van der Waals surface area contributed by atoms with Gasteiger partial charge in [-0.2, -0.15) is 0 Å². The molecule has 0 saturated heterocycles. The fraction of sp³-hybridized carbons (Fsp3) is 0.0833. The number of aromatic nitrogens is 4. The number of thiazole rings is 1. The van der Waals surface area contributed by atoms with Gasteiger partial charge in [-0.1, -0.05) is 17.7 Å². The number of para-hydroxylation sites is 1. The lowest BCUT2D eigenvalue weighted by molar-refractivity contribution is 0.405. The monoisotopic (exact) mass is 322 g/mol. The van der Waals surface area contributed by atoms with Crippen LogP contribution in [0.25, 0.3) is 25.9 Å². The van der Waals surface area contributed by atoms with E-state index >= 15 is 0 Å². The number of nitrogens with zero attached hydrogens (tertiary/aromatic N) is 4. The number of imidazole rings is 1. The molecule has 0 aliphatic rings. The molecule has 20 heavy (non-hydrogen) atoms.